The van der Waals surface area contributed by atoms with Crippen LogP contribution in [-0.4, -0.2) is 13.1 Å². The summed E-state index contributed by atoms with van der Waals surface area (Å²) in [5.41, 5.74) is 4.09. The van der Waals surface area contributed by atoms with Crippen molar-refractivity contribution in [1.82, 2.24) is 5.32 Å². The lowest BCUT2D eigenvalue weighted by Crippen LogP contribution is -2.18. The summed E-state index contributed by atoms with van der Waals surface area (Å²) < 4.78 is 5.93. The molecule has 0 bridgehead atoms. The van der Waals surface area contributed by atoms with Crippen molar-refractivity contribution < 1.29 is 4.74 Å². The molecular weight excluding hydrogens is 246 g/mol. The van der Waals surface area contributed by atoms with Crippen molar-refractivity contribution in [3.63, 3.8) is 0 Å². The Kier molecular flexibility index (Phi) is 4.03. The van der Waals surface area contributed by atoms with E-state index in [-0.39, 0.29) is 0 Å². The lowest BCUT2D eigenvalue weighted by atomic mass is 9.95. The van der Waals surface area contributed by atoms with Gasteiger partial charge >= 0.3 is 0 Å². The topological polar surface area (TPSA) is 21.3 Å². The largest absolute Gasteiger partial charge is 0.489 e. The minimum Gasteiger partial charge on any atom is -0.489 e. The van der Waals surface area contributed by atoms with Crippen molar-refractivity contribution in [3.05, 3.63) is 65.2 Å². The maximum atomic E-state index is 5.93. The van der Waals surface area contributed by atoms with Crippen LogP contribution in [0.4, 0.5) is 0 Å². The highest BCUT2D eigenvalue weighted by atomic mass is 16.5. The predicted octanol–water partition coefficient (Wildman–Crippen LogP) is 3.51. The van der Waals surface area contributed by atoms with Crippen molar-refractivity contribution >= 4 is 0 Å². The Hall–Kier alpha value is -1.80. The van der Waals surface area contributed by atoms with E-state index in [4.69, 9.17) is 4.74 Å². The van der Waals surface area contributed by atoms with Crippen molar-refractivity contribution in [2.24, 2.45) is 0 Å². The van der Waals surface area contributed by atoms with Gasteiger partial charge in [-0.2, -0.15) is 0 Å². The molecule has 2 aromatic rings. The van der Waals surface area contributed by atoms with Gasteiger partial charge in [-0.15, -0.1) is 0 Å². The molecule has 104 valence electrons. The standard InChI is InChI=1S/C18H21NO/c1-14-12-19-10-9-16-7-8-17(11-18(14)16)20-13-15-5-3-2-4-6-15/h2-8,11,14,19H,9-10,12-13H2,1H3/t14-/m0/s1. The summed E-state index contributed by atoms with van der Waals surface area (Å²) in [6.07, 6.45) is 1.11. The molecular formula is C18H21NO. The van der Waals surface area contributed by atoms with Gasteiger partial charge in [-0.3, -0.25) is 0 Å². The molecule has 0 spiro atoms. The van der Waals surface area contributed by atoms with Gasteiger partial charge in [-0.1, -0.05) is 43.3 Å². The number of ether oxygens (including phenoxy) is 1. The SMILES string of the molecule is C[C@H]1CNCCc2ccc(OCc3ccccc3)cc21. The molecule has 1 heterocycles. The minimum absolute atomic E-state index is 0.549. The molecule has 0 amide bonds. The summed E-state index contributed by atoms with van der Waals surface area (Å²) in [4.78, 5) is 0. The highest BCUT2D eigenvalue weighted by Gasteiger charge is 2.15. The van der Waals surface area contributed by atoms with Gasteiger partial charge < -0.3 is 10.1 Å². The van der Waals surface area contributed by atoms with Gasteiger partial charge in [0.2, 0.25) is 0 Å². The van der Waals surface area contributed by atoms with E-state index in [9.17, 15) is 0 Å². The number of fused-ring (bicyclic) bond motifs is 1. The maximum Gasteiger partial charge on any atom is 0.120 e. The first kappa shape index (κ1) is 13.2. The van der Waals surface area contributed by atoms with Gasteiger partial charge in [-0.05, 0) is 47.7 Å². The molecule has 1 N–H and O–H groups in total. The quantitative estimate of drug-likeness (QED) is 0.918. The summed E-state index contributed by atoms with van der Waals surface area (Å²) in [7, 11) is 0. The van der Waals surface area contributed by atoms with Crippen LogP contribution in [0.1, 0.15) is 29.5 Å². The van der Waals surface area contributed by atoms with Crippen LogP contribution in [0.25, 0.3) is 0 Å². The van der Waals surface area contributed by atoms with E-state index in [0.29, 0.717) is 12.5 Å². The van der Waals surface area contributed by atoms with Crippen LogP contribution in [0.2, 0.25) is 0 Å². The van der Waals surface area contributed by atoms with Gasteiger partial charge in [0, 0.05) is 6.54 Å². The summed E-state index contributed by atoms with van der Waals surface area (Å²) in [6.45, 7) is 5.03. The van der Waals surface area contributed by atoms with E-state index in [1.807, 2.05) is 18.2 Å². The Morgan fingerprint density at radius 2 is 2.00 bits per heavy atom. The fourth-order valence-electron chi connectivity index (χ4n) is 2.74. The van der Waals surface area contributed by atoms with Crippen LogP contribution in [0.15, 0.2) is 48.5 Å². The predicted molar refractivity (Wildman–Crippen MR) is 82.2 cm³/mol. The third-order valence-corrected chi connectivity index (χ3v) is 3.92. The molecule has 2 aromatic carbocycles. The first-order chi connectivity index (χ1) is 9.83. The number of hydrogen-bond donors (Lipinski definition) is 1. The molecule has 2 heteroatoms. The Labute approximate surface area is 120 Å². The van der Waals surface area contributed by atoms with Crippen LogP contribution >= 0.6 is 0 Å². The molecule has 1 aliphatic heterocycles. The van der Waals surface area contributed by atoms with Gasteiger partial charge in [0.25, 0.3) is 0 Å². The molecule has 0 saturated heterocycles. The summed E-state index contributed by atoms with van der Waals surface area (Å²) in [6, 6.07) is 16.8. The fraction of sp³-hybridized carbons (Fsp3) is 0.333. The molecule has 0 unspecified atom stereocenters. The van der Waals surface area contributed by atoms with Crippen molar-refractivity contribution in [1.29, 1.82) is 0 Å². The highest BCUT2D eigenvalue weighted by Crippen LogP contribution is 2.27. The molecule has 0 aromatic heterocycles. The lowest BCUT2D eigenvalue weighted by molar-refractivity contribution is 0.305. The first-order valence-corrected chi connectivity index (χ1v) is 7.33. The summed E-state index contributed by atoms with van der Waals surface area (Å²) >= 11 is 0. The molecule has 2 nitrogen and oxygen atoms in total. The third-order valence-electron chi connectivity index (χ3n) is 3.92. The van der Waals surface area contributed by atoms with Gasteiger partial charge in [0.15, 0.2) is 0 Å². The van der Waals surface area contributed by atoms with Crippen molar-refractivity contribution in [2.45, 2.75) is 25.9 Å². The van der Waals surface area contributed by atoms with Crippen LogP contribution in [0.5, 0.6) is 5.75 Å². The number of rotatable bonds is 3. The second kappa shape index (κ2) is 6.10. The zero-order valence-electron chi connectivity index (χ0n) is 11.9. The second-order valence-electron chi connectivity index (χ2n) is 5.49. The Morgan fingerprint density at radius 3 is 2.85 bits per heavy atom. The van der Waals surface area contributed by atoms with E-state index in [1.165, 1.54) is 16.7 Å². The average molecular weight is 267 g/mol. The Balaban J connectivity index is 1.75. The molecule has 0 radical (unpaired) electrons. The van der Waals surface area contributed by atoms with Gasteiger partial charge in [-0.25, -0.2) is 0 Å². The van der Waals surface area contributed by atoms with E-state index >= 15 is 0 Å². The zero-order valence-corrected chi connectivity index (χ0v) is 11.9. The first-order valence-electron chi connectivity index (χ1n) is 7.33. The third kappa shape index (κ3) is 3.02. The number of benzene rings is 2. The Morgan fingerprint density at radius 1 is 1.15 bits per heavy atom. The maximum absolute atomic E-state index is 5.93. The van der Waals surface area contributed by atoms with E-state index < -0.39 is 0 Å². The van der Waals surface area contributed by atoms with E-state index in [2.05, 4.69) is 42.6 Å². The fourth-order valence-corrected chi connectivity index (χ4v) is 2.74. The van der Waals surface area contributed by atoms with Gasteiger partial charge in [0.05, 0.1) is 0 Å². The normalized spacial score (nSPS) is 18.1. The molecule has 20 heavy (non-hydrogen) atoms. The average Bonchev–Trinajstić information content (AvgIpc) is 2.68. The monoisotopic (exact) mass is 267 g/mol. The van der Waals surface area contributed by atoms with E-state index in [0.717, 1.165) is 25.3 Å². The second-order valence-corrected chi connectivity index (χ2v) is 5.49. The van der Waals surface area contributed by atoms with E-state index in [1.54, 1.807) is 0 Å². The molecule has 3 rings (SSSR count). The van der Waals surface area contributed by atoms with Crippen LogP contribution in [0, 0.1) is 0 Å². The summed E-state index contributed by atoms with van der Waals surface area (Å²) in [5.74, 6) is 1.52. The van der Waals surface area contributed by atoms with Crippen LogP contribution in [-0.2, 0) is 13.0 Å². The minimum atomic E-state index is 0.549. The molecule has 0 aliphatic carbocycles. The Bertz CT molecular complexity index is 565. The van der Waals surface area contributed by atoms with Crippen molar-refractivity contribution in [2.75, 3.05) is 13.1 Å². The van der Waals surface area contributed by atoms with Crippen LogP contribution < -0.4 is 10.1 Å². The van der Waals surface area contributed by atoms with Crippen LogP contribution in [0.3, 0.4) is 0 Å². The molecule has 1 aliphatic rings. The molecule has 1 atom stereocenters. The summed E-state index contributed by atoms with van der Waals surface area (Å²) in [5, 5.41) is 3.48. The van der Waals surface area contributed by atoms with Crippen molar-refractivity contribution in [3.8, 4) is 5.75 Å². The lowest BCUT2D eigenvalue weighted by Gasteiger charge is -2.14. The smallest absolute Gasteiger partial charge is 0.120 e. The zero-order chi connectivity index (χ0) is 13.8. The molecule has 0 fully saturated rings. The molecule has 0 saturated carbocycles. The number of hydrogen-bond acceptors (Lipinski definition) is 2. The van der Waals surface area contributed by atoms with Gasteiger partial charge in [0.1, 0.15) is 12.4 Å². The highest BCUT2D eigenvalue weighted by molar-refractivity contribution is 5.39. The number of nitrogens with one attached hydrogen (secondary N) is 1.